The fourth-order valence-corrected chi connectivity index (χ4v) is 5.82. The second kappa shape index (κ2) is 19.9. The fraction of sp³-hybridized carbons (Fsp3) is 0.875. The van der Waals surface area contributed by atoms with Crippen molar-refractivity contribution in [3.05, 3.63) is 12.2 Å². The van der Waals surface area contributed by atoms with Crippen molar-refractivity contribution in [2.24, 2.45) is 0 Å². The topological polar surface area (TPSA) is 191 Å². The lowest BCUT2D eigenvalue weighted by molar-refractivity contribution is -0.371. The van der Waals surface area contributed by atoms with Crippen LogP contribution in [0.2, 0.25) is 0 Å². The molecule has 0 aliphatic carbocycles. The molecule has 2 saturated heterocycles. The zero-order chi connectivity index (χ0) is 32.8. The molecule has 13 heteroatoms. The molecule has 2 fully saturated rings. The summed E-state index contributed by atoms with van der Waals surface area (Å²) in [5, 5.41) is 53.3. The number of hydrogen-bond donors (Lipinski definition) is 5. The average molecular weight is 647 g/mol. The third-order valence-corrected chi connectivity index (χ3v) is 8.49. The molecule has 0 aromatic heterocycles. The van der Waals surface area contributed by atoms with E-state index in [1.165, 1.54) is 6.92 Å². The van der Waals surface area contributed by atoms with Crippen LogP contribution >= 0.6 is 0 Å². The Hall–Kier alpha value is -1.68. The summed E-state index contributed by atoms with van der Waals surface area (Å²) >= 11 is 0. The van der Waals surface area contributed by atoms with Crippen LogP contribution in [0.3, 0.4) is 0 Å². The van der Waals surface area contributed by atoms with E-state index in [-0.39, 0.29) is 12.5 Å². The van der Waals surface area contributed by atoms with Crippen LogP contribution in [-0.2, 0) is 38.0 Å². The Labute approximate surface area is 265 Å². The Morgan fingerprint density at radius 1 is 0.756 bits per heavy atom. The third kappa shape index (κ3) is 12.1. The van der Waals surface area contributed by atoms with Gasteiger partial charge in [-0.25, -0.2) is 0 Å². The molecule has 11 unspecified atom stereocenters. The zero-order valence-electron chi connectivity index (χ0n) is 26.6. The number of allylic oxidation sites excluding steroid dienone is 2. The van der Waals surface area contributed by atoms with Gasteiger partial charge in [0.2, 0.25) is 0 Å². The summed E-state index contributed by atoms with van der Waals surface area (Å²) in [5.41, 5.74) is 0. The Morgan fingerprint density at radius 2 is 1.36 bits per heavy atom. The van der Waals surface area contributed by atoms with Gasteiger partial charge < -0.3 is 54.0 Å². The van der Waals surface area contributed by atoms with E-state index < -0.39 is 86.6 Å². The number of fused-ring (bicyclic) bond motifs is 19. The quantitative estimate of drug-likeness (QED) is 0.221. The number of aliphatic hydroxyl groups excluding tert-OH is 5. The standard InChI is InChI=1S/C32H54O13/c1-20-16-14-12-10-8-6-4-3-5-7-9-11-13-15-17-24(35)44-29-23(19-40-21(2)34)43-31(28(39)27(29)38)45-30-26(37)25(36)22(18-33)42-32(30)41-20/h3-4,20,22-23,25-33,36-39H,5-19H2,1-2H3. The van der Waals surface area contributed by atoms with E-state index >= 15 is 0 Å². The van der Waals surface area contributed by atoms with Crippen molar-refractivity contribution in [1.82, 2.24) is 0 Å². The van der Waals surface area contributed by atoms with Crippen molar-refractivity contribution >= 4 is 11.9 Å². The summed E-state index contributed by atoms with van der Waals surface area (Å²) in [6.45, 7) is 2.02. The smallest absolute Gasteiger partial charge is 0.306 e. The van der Waals surface area contributed by atoms with Gasteiger partial charge in [0.05, 0.1) is 12.7 Å². The van der Waals surface area contributed by atoms with Crippen LogP contribution in [0.25, 0.3) is 0 Å². The lowest BCUT2D eigenvalue weighted by Gasteiger charge is -2.46. The van der Waals surface area contributed by atoms with Gasteiger partial charge in [-0.3, -0.25) is 9.59 Å². The van der Waals surface area contributed by atoms with Gasteiger partial charge in [0.15, 0.2) is 18.7 Å². The SMILES string of the molecule is CC(=O)OCC1OC2OC3C(OC(C)CCCCCCC=CCCCCCCCC(=O)OC1C(O)C2O)OC(CO)C(O)C3O. The first-order valence-electron chi connectivity index (χ1n) is 16.5. The molecule has 4 aliphatic heterocycles. The molecule has 0 radical (unpaired) electrons. The molecule has 2 bridgehead atoms. The molecule has 4 rings (SSSR count). The number of ether oxygens (including phenoxy) is 6. The van der Waals surface area contributed by atoms with Gasteiger partial charge in [0, 0.05) is 13.3 Å². The van der Waals surface area contributed by atoms with E-state index in [1.54, 1.807) is 0 Å². The van der Waals surface area contributed by atoms with E-state index in [0.717, 1.165) is 64.2 Å². The molecule has 4 aliphatic rings. The Kier molecular flexibility index (Phi) is 16.7. The molecule has 0 aromatic rings. The number of hydrogen-bond acceptors (Lipinski definition) is 13. The summed E-state index contributed by atoms with van der Waals surface area (Å²) in [5.74, 6) is -1.23. The van der Waals surface area contributed by atoms with Crippen molar-refractivity contribution in [1.29, 1.82) is 0 Å². The van der Waals surface area contributed by atoms with Crippen LogP contribution in [0.1, 0.15) is 97.3 Å². The second-order valence-corrected chi connectivity index (χ2v) is 12.3. The molecule has 0 aromatic carbocycles. The molecule has 13 nitrogen and oxygen atoms in total. The van der Waals surface area contributed by atoms with E-state index in [2.05, 4.69) is 12.2 Å². The van der Waals surface area contributed by atoms with Crippen LogP contribution in [0.4, 0.5) is 0 Å². The Balaban J connectivity index is 1.78. The maximum atomic E-state index is 12.7. The van der Waals surface area contributed by atoms with Gasteiger partial charge in [-0.05, 0) is 45.4 Å². The van der Waals surface area contributed by atoms with E-state index in [0.29, 0.717) is 12.8 Å². The highest BCUT2D eigenvalue weighted by Gasteiger charge is 2.52. The first-order valence-corrected chi connectivity index (χ1v) is 16.5. The average Bonchev–Trinajstić information content (AvgIpc) is 3.00. The molecule has 45 heavy (non-hydrogen) atoms. The number of aliphatic hydroxyl groups is 5. The minimum atomic E-state index is -1.76. The summed E-state index contributed by atoms with van der Waals surface area (Å²) in [7, 11) is 0. The highest BCUT2D eigenvalue weighted by atomic mass is 16.8. The maximum Gasteiger partial charge on any atom is 0.306 e. The van der Waals surface area contributed by atoms with Crippen molar-refractivity contribution in [3.63, 3.8) is 0 Å². The molecule has 0 spiro atoms. The van der Waals surface area contributed by atoms with Crippen molar-refractivity contribution < 1.29 is 63.5 Å². The number of carbonyl (C=O) groups excluding carboxylic acids is 2. The van der Waals surface area contributed by atoms with Crippen LogP contribution in [0.5, 0.6) is 0 Å². The first-order chi connectivity index (χ1) is 21.6. The van der Waals surface area contributed by atoms with Crippen molar-refractivity contribution in [3.8, 4) is 0 Å². The lowest BCUT2D eigenvalue weighted by atomic mass is 9.97. The Bertz CT molecular complexity index is 900. The van der Waals surface area contributed by atoms with E-state index in [4.69, 9.17) is 28.4 Å². The van der Waals surface area contributed by atoms with Gasteiger partial charge in [-0.1, -0.05) is 50.7 Å². The molecule has 0 amide bonds. The van der Waals surface area contributed by atoms with Crippen molar-refractivity contribution in [2.45, 2.75) is 165 Å². The summed E-state index contributed by atoms with van der Waals surface area (Å²) in [6.07, 6.45) is 0.954. The first kappa shape index (κ1) is 37.8. The largest absolute Gasteiger partial charge is 0.463 e. The zero-order valence-corrected chi connectivity index (χ0v) is 26.6. The highest BCUT2D eigenvalue weighted by Crippen LogP contribution is 2.32. The summed E-state index contributed by atoms with van der Waals surface area (Å²) in [4.78, 5) is 24.3. The minimum absolute atomic E-state index is 0.103. The second-order valence-electron chi connectivity index (χ2n) is 12.3. The van der Waals surface area contributed by atoms with Gasteiger partial charge >= 0.3 is 11.9 Å². The van der Waals surface area contributed by atoms with Gasteiger partial charge in [0.25, 0.3) is 0 Å². The van der Waals surface area contributed by atoms with E-state index in [9.17, 15) is 35.1 Å². The van der Waals surface area contributed by atoms with Crippen LogP contribution < -0.4 is 0 Å². The molecule has 4 heterocycles. The predicted octanol–water partition coefficient (Wildman–Crippen LogP) is 1.78. The predicted molar refractivity (Wildman–Crippen MR) is 160 cm³/mol. The summed E-state index contributed by atoms with van der Waals surface area (Å²) < 4.78 is 34.2. The number of esters is 2. The molecular weight excluding hydrogens is 592 g/mol. The Morgan fingerprint density at radius 3 is 2.02 bits per heavy atom. The molecular formula is C32H54O13. The van der Waals surface area contributed by atoms with Gasteiger partial charge in [0.1, 0.15) is 49.3 Å². The normalized spacial score (nSPS) is 39.0. The van der Waals surface area contributed by atoms with Crippen molar-refractivity contribution in [2.75, 3.05) is 13.2 Å². The third-order valence-electron chi connectivity index (χ3n) is 8.49. The molecule has 11 atom stereocenters. The monoisotopic (exact) mass is 646 g/mol. The van der Waals surface area contributed by atoms with Crippen LogP contribution in [-0.4, -0.2) is 118 Å². The number of rotatable bonds is 3. The van der Waals surface area contributed by atoms with Crippen LogP contribution in [0.15, 0.2) is 12.2 Å². The minimum Gasteiger partial charge on any atom is -0.463 e. The highest BCUT2D eigenvalue weighted by molar-refractivity contribution is 5.69. The molecule has 5 N–H and O–H groups in total. The lowest BCUT2D eigenvalue weighted by Crippen LogP contribution is -2.65. The van der Waals surface area contributed by atoms with E-state index in [1.807, 2.05) is 6.92 Å². The molecule has 0 saturated carbocycles. The number of carbonyl (C=O) groups is 2. The maximum absolute atomic E-state index is 12.7. The van der Waals surface area contributed by atoms with Crippen LogP contribution in [0, 0.1) is 0 Å². The van der Waals surface area contributed by atoms with Gasteiger partial charge in [-0.15, -0.1) is 0 Å². The summed E-state index contributed by atoms with van der Waals surface area (Å²) in [6, 6.07) is 0. The van der Waals surface area contributed by atoms with Gasteiger partial charge in [-0.2, -0.15) is 0 Å². The molecule has 260 valence electrons. The fourth-order valence-electron chi connectivity index (χ4n) is 5.82.